The van der Waals surface area contributed by atoms with Gasteiger partial charge in [-0.1, -0.05) is 37.7 Å². The topological polar surface area (TPSA) is 56.7 Å². The zero-order chi connectivity index (χ0) is 15.4. The lowest BCUT2D eigenvalue weighted by atomic mass is 10.2. The quantitative estimate of drug-likeness (QED) is 0.833. The minimum Gasteiger partial charge on any atom is -0.324 e. The molecule has 21 heavy (non-hydrogen) atoms. The highest BCUT2D eigenvalue weighted by Crippen LogP contribution is 2.24. The third kappa shape index (κ3) is 3.79. The normalized spacial score (nSPS) is 11.3. The van der Waals surface area contributed by atoms with Gasteiger partial charge in [-0.25, -0.2) is 8.78 Å². The van der Waals surface area contributed by atoms with Crippen molar-refractivity contribution in [1.82, 2.24) is 14.8 Å². The van der Waals surface area contributed by atoms with Crippen LogP contribution in [0, 0.1) is 17.6 Å². The first-order valence-electron chi connectivity index (χ1n) is 6.70. The number of rotatable bonds is 6. The Hall–Kier alpha value is -1.47. The molecule has 0 bridgehead atoms. The first-order chi connectivity index (χ1) is 10.0. The molecule has 0 unspecified atom stereocenters. The van der Waals surface area contributed by atoms with Crippen LogP contribution in [0.4, 0.5) is 8.78 Å². The van der Waals surface area contributed by atoms with E-state index in [1.165, 1.54) is 17.8 Å². The maximum Gasteiger partial charge on any atom is 0.191 e. The van der Waals surface area contributed by atoms with Gasteiger partial charge in [-0.3, -0.25) is 0 Å². The average molecular weight is 312 g/mol. The van der Waals surface area contributed by atoms with Crippen LogP contribution in [0.2, 0.25) is 0 Å². The highest BCUT2D eigenvalue weighted by Gasteiger charge is 2.14. The predicted molar refractivity (Wildman–Crippen MR) is 78.7 cm³/mol. The number of hydrogen-bond acceptors (Lipinski definition) is 4. The highest BCUT2D eigenvalue weighted by atomic mass is 32.2. The summed E-state index contributed by atoms with van der Waals surface area (Å²) in [5, 5.41) is 8.80. The Morgan fingerprint density at radius 2 is 2.05 bits per heavy atom. The predicted octanol–water partition coefficient (Wildman–Crippen LogP) is 2.96. The standard InChI is InChI=1S/C14H18F2N4S/c1-9(2)7-20-12(6-17)18-19-14(20)21-8-10-4-3-5-11(15)13(10)16/h3-5,9H,6-8,17H2,1-2H3. The largest absolute Gasteiger partial charge is 0.324 e. The lowest BCUT2D eigenvalue weighted by molar-refractivity contribution is 0.480. The molecule has 4 nitrogen and oxygen atoms in total. The summed E-state index contributed by atoms with van der Waals surface area (Å²) in [6, 6.07) is 4.17. The summed E-state index contributed by atoms with van der Waals surface area (Å²) in [6.07, 6.45) is 0. The molecule has 2 rings (SSSR count). The molecule has 0 radical (unpaired) electrons. The summed E-state index contributed by atoms with van der Waals surface area (Å²) >= 11 is 1.33. The van der Waals surface area contributed by atoms with E-state index in [1.54, 1.807) is 6.07 Å². The molecule has 1 aromatic heterocycles. The number of aromatic nitrogens is 3. The fourth-order valence-electron chi connectivity index (χ4n) is 1.93. The molecule has 114 valence electrons. The third-order valence-corrected chi connectivity index (χ3v) is 3.93. The summed E-state index contributed by atoms with van der Waals surface area (Å²) < 4.78 is 28.8. The van der Waals surface area contributed by atoms with Crippen LogP contribution in [0.5, 0.6) is 0 Å². The Morgan fingerprint density at radius 1 is 1.29 bits per heavy atom. The number of nitrogens with two attached hydrogens (primary N) is 1. The van der Waals surface area contributed by atoms with E-state index < -0.39 is 11.6 Å². The van der Waals surface area contributed by atoms with Crippen LogP contribution < -0.4 is 5.73 Å². The number of halogens is 2. The highest BCUT2D eigenvalue weighted by molar-refractivity contribution is 7.98. The molecule has 2 aromatic rings. The summed E-state index contributed by atoms with van der Waals surface area (Å²) in [6.45, 7) is 5.21. The van der Waals surface area contributed by atoms with Gasteiger partial charge in [0, 0.05) is 17.9 Å². The van der Waals surface area contributed by atoms with Gasteiger partial charge in [-0.2, -0.15) is 0 Å². The summed E-state index contributed by atoms with van der Waals surface area (Å²) in [7, 11) is 0. The smallest absolute Gasteiger partial charge is 0.191 e. The van der Waals surface area contributed by atoms with Crippen molar-refractivity contribution in [2.45, 2.75) is 37.8 Å². The van der Waals surface area contributed by atoms with Crippen molar-refractivity contribution in [2.75, 3.05) is 0 Å². The van der Waals surface area contributed by atoms with Crippen molar-refractivity contribution in [2.24, 2.45) is 11.7 Å². The first-order valence-corrected chi connectivity index (χ1v) is 7.69. The van der Waals surface area contributed by atoms with Crippen molar-refractivity contribution in [3.05, 3.63) is 41.2 Å². The van der Waals surface area contributed by atoms with E-state index in [2.05, 4.69) is 24.0 Å². The van der Waals surface area contributed by atoms with Crippen LogP contribution in [0.15, 0.2) is 23.4 Å². The molecule has 7 heteroatoms. The molecule has 0 atom stereocenters. The molecule has 1 aromatic carbocycles. The van der Waals surface area contributed by atoms with Gasteiger partial charge < -0.3 is 10.3 Å². The van der Waals surface area contributed by atoms with Crippen LogP contribution in [-0.2, 0) is 18.8 Å². The Kier molecular flexibility index (Phi) is 5.30. The van der Waals surface area contributed by atoms with E-state index in [9.17, 15) is 8.78 Å². The van der Waals surface area contributed by atoms with E-state index in [1.807, 2.05) is 4.57 Å². The molecular formula is C14H18F2N4S. The van der Waals surface area contributed by atoms with Crippen LogP contribution >= 0.6 is 11.8 Å². The molecule has 2 N–H and O–H groups in total. The molecule has 0 fully saturated rings. The summed E-state index contributed by atoms with van der Waals surface area (Å²) in [5.41, 5.74) is 5.96. The van der Waals surface area contributed by atoms with Crippen molar-refractivity contribution < 1.29 is 8.78 Å². The van der Waals surface area contributed by atoms with Crippen molar-refractivity contribution in [3.63, 3.8) is 0 Å². The van der Waals surface area contributed by atoms with Crippen molar-refractivity contribution >= 4 is 11.8 Å². The van der Waals surface area contributed by atoms with Gasteiger partial charge in [0.05, 0.1) is 6.54 Å². The van der Waals surface area contributed by atoms with E-state index >= 15 is 0 Å². The SMILES string of the molecule is CC(C)Cn1c(CN)nnc1SCc1cccc(F)c1F. The Bertz CT molecular complexity index is 613. The van der Waals surface area contributed by atoms with Crippen LogP contribution in [-0.4, -0.2) is 14.8 Å². The van der Waals surface area contributed by atoms with E-state index in [0.29, 0.717) is 34.8 Å². The molecule has 0 aliphatic rings. The number of thioether (sulfide) groups is 1. The van der Waals surface area contributed by atoms with E-state index in [4.69, 9.17) is 5.73 Å². The van der Waals surface area contributed by atoms with Crippen molar-refractivity contribution in [3.8, 4) is 0 Å². The lowest BCUT2D eigenvalue weighted by Crippen LogP contribution is -2.12. The minimum absolute atomic E-state index is 0.296. The second-order valence-corrected chi connectivity index (χ2v) is 6.05. The molecular weight excluding hydrogens is 294 g/mol. The zero-order valence-electron chi connectivity index (χ0n) is 12.0. The molecule has 0 aliphatic heterocycles. The summed E-state index contributed by atoms with van der Waals surface area (Å²) in [5.74, 6) is -0.231. The van der Waals surface area contributed by atoms with Gasteiger partial charge in [0.2, 0.25) is 0 Å². The monoisotopic (exact) mass is 312 g/mol. The molecule has 0 amide bonds. The van der Waals surface area contributed by atoms with Gasteiger partial charge in [-0.15, -0.1) is 10.2 Å². The van der Waals surface area contributed by atoms with Gasteiger partial charge in [0.15, 0.2) is 16.8 Å². The van der Waals surface area contributed by atoms with Gasteiger partial charge in [0.1, 0.15) is 5.82 Å². The fourth-order valence-corrected chi connectivity index (χ4v) is 2.87. The average Bonchev–Trinajstić information content (AvgIpc) is 2.82. The summed E-state index contributed by atoms with van der Waals surface area (Å²) in [4.78, 5) is 0. The number of benzene rings is 1. The molecule has 0 saturated carbocycles. The number of nitrogens with zero attached hydrogens (tertiary/aromatic N) is 3. The molecule has 1 heterocycles. The van der Waals surface area contributed by atoms with Crippen molar-refractivity contribution in [1.29, 1.82) is 0 Å². The van der Waals surface area contributed by atoms with E-state index in [0.717, 1.165) is 12.6 Å². The van der Waals surface area contributed by atoms with Gasteiger partial charge in [-0.05, 0) is 12.0 Å². The fraction of sp³-hybridized carbons (Fsp3) is 0.429. The Labute approximate surface area is 126 Å². The van der Waals surface area contributed by atoms with Crippen LogP contribution in [0.1, 0.15) is 25.2 Å². The second-order valence-electron chi connectivity index (χ2n) is 5.11. The zero-order valence-corrected chi connectivity index (χ0v) is 12.8. The van der Waals surface area contributed by atoms with Gasteiger partial charge >= 0.3 is 0 Å². The Balaban J connectivity index is 2.16. The second kappa shape index (κ2) is 7.00. The van der Waals surface area contributed by atoms with Crippen LogP contribution in [0.3, 0.4) is 0 Å². The molecule has 0 aliphatic carbocycles. The minimum atomic E-state index is -0.834. The maximum absolute atomic E-state index is 13.6. The van der Waals surface area contributed by atoms with Gasteiger partial charge in [0.25, 0.3) is 0 Å². The Morgan fingerprint density at radius 3 is 2.71 bits per heavy atom. The molecule has 0 saturated heterocycles. The first kappa shape index (κ1) is 15.9. The maximum atomic E-state index is 13.6. The van der Waals surface area contributed by atoms with Crippen LogP contribution in [0.25, 0.3) is 0 Å². The molecule has 0 spiro atoms. The number of hydrogen-bond donors (Lipinski definition) is 1. The third-order valence-electron chi connectivity index (χ3n) is 2.91. The van der Waals surface area contributed by atoms with E-state index in [-0.39, 0.29) is 0 Å². The lowest BCUT2D eigenvalue weighted by Gasteiger charge is -2.11.